The van der Waals surface area contributed by atoms with Crippen LogP contribution in [0.15, 0.2) is 71.6 Å². The molecule has 2 aliphatic heterocycles. The van der Waals surface area contributed by atoms with Gasteiger partial charge in [-0.05, 0) is 31.2 Å². The Kier molecular flexibility index (Phi) is 5.27. The Morgan fingerprint density at radius 3 is 2.50 bits per heavy atom. The van der Waals surface area contributed by atoms with E-state index in [0.29, 0.717) is 0 Å². The van der Waals surface area contributed by atoms with Gasteiger partial charge in [-0.25, -0.2) is 9.97 Å². The summed E-state index contributed by atoms with van der Waals surface area (Å²) < 4.78 is 2.26. The van der Waals surface area contributed by atoms with Crippen LogP contribution in [0.2, 0.25) is 0 Å². The Morgan fingerprint density at radius 1 is 1.03 bits per heavy atom. The van der Waals surface area contributed by atoms with E-state index in [0.717, 1.165) is 72.4 Å². The molecule has 7 heteroatoms. The average Bonchev–Trinajstić information content (AvgIpc) is 3.16. The molecule has 1 aromatic carbocycles. The summed E-state index contributed by atoms with van der Waals surface area (Å²) in [5, 5.41) is 6.58. The lowest BCUT2D eigenvalue weighted by Crippen LogP contribution is -2.44. The number of hydrogen-bond acceptors (Lipinski definition) is 6. The second-order valence-electron chi connectivity index (χ2n) is 8.61. The van der Waals surface area contributed by atoms with Crippen molar-refractivity contribution in [1.29, 1.82) is 0 Å². The molecule has 0 bridgehead atoms. The first kappa shape index (κ1) is 20.5. The van der Waals surface area contributed by atoms with Crippen LogP contribution in [0, 0.1) is 0 Å². The highest BCUT2D eigenvalue weighted by Crippen LogP contribution is 2.26. The first-order chi connectivity index (χ1) is 15.5. The predicted octanol–water partition coefficient (Wildman–Crippen LogP) is 3.34. The SMILES string of the molecule is C=C1C(C)=CC(c2nc3cnc(N4CCN(C)CC4)cc3n2Cc2ccccc2)=NN1C. The summed E-state index contributed by atoms with van der Waals surface area (Å²) in [7, 11) is 4.09. The Morgan fingerprint density at radius 2 is 1.78 bits per heavy atom. The molecule has 0 N–H and O–H groups in total. The number of fused-ring (bicyclic) bond motifs is 1. The maximum Gasteiger partial charge on any atom is 0.162 e. The highest BCUT2D eigenvalue weighted by atomic mass is 15.5. The standard InChI is InChI=1S/C25H29N7/c1-18-14-21(28-30(4)19(18)2)25-27-22-16-26-24(31-12-10-29(3)11-13-31)15-23(22)32(25)17-20-8-6-5-7-9-20/h5-9,14-16H,2,10-13,17H2,1,3-4H3. The molecule has 3 aromatic rings. The van der Waals surface area contributed by atoms with Gasteiger partial charge in [-0.1, -0.05) is 36.9 Å². The van der Waals surface area contributed by atoms with Gasteiger partial charge < -0.3 is 14.4 Å². The van der Waals surface area contributed by atoms with Gasteiger partial charge in [0.05, 0.1) is 17.4 Å². The van der Waals surface area contributed by atoms with Gasteiger partial charge in [0.1, 0.15) is 17.0 Å². The Labute approximate surface area is 189 Å². The van der Waals surface area contributed by atoms with Crippen molar-refractivity contribution in [3.05, 3.63) is 77.9 Å². The number of aromatic nitrogens is 3. The molecule has 0 aliphatic carbocycles. The van der Waals surface area contributed by atoms with Crippen molar-refractivity contribution in [2.24, 2.45) is 5.10 Å². The number of anilines is 1. The van der Waals surface area contributed by atoms with Crippen molar-refractivity contribution in [3.63, 3.8) is 0 Å². The third kappa shape index (κ3) is 3.80. The minimum absolute atomic E-state index is 0.718. The van der Waals surface area contributed by atoms with E-state index in [2.05, 4.69) is 71.3 Å². The van der Waals surface area contributed by atoms with Gasteiger partial charge in [-0.15, -0.1) is 0 Å². The predicted molar refractivity (Wildman–Crippen MR) is 130 cm³/mol. The molecule has 0 spiro atoms. The van der Waals surface area contributed by atoms with Crippen molar-refractivity contribution in [3.8, 4) is 0 Å². The molecule has 0 unspecified atom stereocenters. The van der Waals surface area contributed by atoms with Crippen LogP contribution >= 0.6 is 0 Å². The van der Waals surface area contributed by atoms with Gasteiger partial charge in [0, 0.05) is 45.8 Å². The highest BCUT2D eigenvalue weighted by Gasteiger charge is 2.22. The summed E-state index contributed by atoms with van der Waals surface area (Å²) in [4.78, 5) is 14.4. The molecule has 1 saturated heterocycles. The lowest BCUT2D eigenvalue weighted by Gasteiger charge is -2.33. The second kappa shape index (κ2) is 8.24. The van der Waals surface area contributed by atoms with Crippen LogP contribution in [-0.4, -0.2) is 70.4 Å². The van der Waals surface area contributed by atoms with E-state index in [1.54, 1.807) is 0 Å². The van der Waals surface area contributed by atoms with Crippen molar-refractivity contribution in [2.75, 3.05) is 45.2 Å². The number of hydrogen-bond donors (Lipinski definition) is 0. The lowest BCUT2D eigenvalue weighted by atomic mass is 10.1. The third-order valence-electron chi connectivity index (χ3n) is 6.32. The lowest BCUT2D eigenvalue weighted by molar-refractivity contribution is 0.312. The van der Waals surface area contributed by atoms with E-state index in [1.165, 1.54) is 5.56 Å². The van der Waals surface area contributed by atoms with Gasteiger partial charge in [0.2, 0.25) is 0 Å². The summed E-state index contributed by atoms with van der Waals surface area (Å²) >= 11 is 0. The number of pyridine rings is 1. The van der Waals surface area contributed by atoms with E-state index >= 15 is 0 Å². The zero-order valence-corrected chi connectivity index (χ0v) is 19.0. The monoisotopic (exact) mass is 427 g/mol. The van der Waals surface area contributed by atoms with E-state index in [1.807, 2.05) is 24.3 Å². The molecule has 32 heavy (non-hydrogen) atoms. The Hall–Kier alpha value is -3.45. The van der Waals surface area contributed by atoms with Gasteiger partial charge in [-0.3, -0.25) is 5.01 Å². The van der Waals surface area contributed by atoms with Gasteiger partial charge >= 0.3 is 0 Å². The van der Waals surface area contributed by atoms with Crippen molar-refractivity contribution in [1.82, 2.24) is 24.4 Å². The van der Waals surface area contributed by atoms with Crippen molar-refractivity contribution in [2.45, 2.75) is 13.5 Å². The summed E-state index contributed by atoms with van der Waals surface area (Å²) in [6, 6.07) is 12.7. The minimum Gasteiger partial charge on any atom is -0.354 e. The fraction of sp³-hybridized carbons (Fsp3) is 0.320. The largest absolute Gasteiger partial charge is 0.354 e. The van der Waals surface area contributed by atoms with Crippen LogP contribution in [0.1, 0.15) is 18.3 Å². The first-order valence-electron chi connectivity index (χ1n) is 11.0. The van der Waals surface area contributed by atoms with E-state index in [-0.39, 0.29) is 0 Å². The smallest absolute Gasteiger partial charge is 0.162 e. The van der Waals surface area contributed by atoms with E-state index < -0.39 is 0 Å². The minimum atomic E-state index is 0.718. The Balaban J connectivity index is 1.62. The summed E-state index contributed by atoms with van der Waals surface area (Å²) in [6.45, 7) is 10.9. The number of nitrogens with zero attached hydrogens (tertiary/aromatic N) is 7. The molecule has 5 rings (SSSR count). The van der Waals surface area contributed by atoms with E-state index in [9.17, 15) is 0 Å². The molecule has 2 aliphatic rings. The highest BCUT2D eigenvalue weighted by molar-refractivity contribution is 6.09. The van der Waals surface area contributed by atoms with Crippen molar-refractivity contribution < 1.29 is 0 Å². The van der Waals surface area contributed by atoms with Gasteiger partial charge in [-0.2, -0.15) is 5.10 Å². The zero-order valence-electron chi connectivity index (χ0n) is 19.0. The molecule has 2 aromatic heterocycles. The maximum absolute atomic E-state index is 4.97. The first-order valence-corrected chi connectivity index (χ1v) is 11.0. The third-order valence-corrected chi connectivity index (χ3v) is 6.32. The summed E-state index contributed by atoms with van der Waals surface area (Å²) in [5.74, 6) is 1.86. The van der Waals surface area contributed by atoms with Crippen molar-refractivity contribution >= 4 is 22.6 Å². The topological polar surface area (TPSA) is 52.8 Å². The number of likely N-dealkylation sites (N-methyl/N-ethyl adjacent to an activating group) is 2. The van der Waals surface area contributed by atoms with Crippen LogP contribution in [0.4, 0.5) is 5.82 Å². The van der Waals surface area contributed by atoms with Crippen LogP contribution in [0.5, 0.6) is 0 Å². The van der Waals surface area contributed by atoms with Gasteiger partial charge in [0.15, 0.2) is 5.82 Å². The average molecular weight is 428 g/mol. The molecule has 0 amide bonds. The number of imidazole rings is 1. The van der Waals surface area contributed by atoms with Gasteiger partial charge in [0.25, 0.3) is 0 Å². The molecule has 0 saturated carbocycles. The molecule has 164 valence electrons. The fourth-order valence-electron chi connectivity index (χ4n) is 4.25. The number of hydrazone groups is 1. The molecule has 7 nitrogen and oxygen atoms in total. The fourth-order valence-corrected chi connectivity index (χ4v) is 4.25. The number of piperazine rings is 1. The number of benzene rings is 1. The number of allylic oxidation sites excluding steroid dienone is 2. The summed E-state index contributed by atoms with van der Waals surface area (Å²) in [6.07, 6.45) is 3.97. The maximum atomic E-state index is 4.97. The second-order valence-corrected chi connectivity index (χ2v) is 8.61. The number of rotatable bonds is 4. The zero-order chi connectivity index (χ0) is 22.2. The molecule has 4 heterocycles. The van der Waals surface area contributed by atoms with Crippen LogP contribution in [0.3, 0.4) is 0 Å². The Bertz CT molecular complexity index is 1210. The van der Waals surface area contributed by atoms with Crippen LogP contribution < -0.4 is 4.90 Å². The molecule has 1 fully saturated rings. The molecular weight excluding hydrogens is 398 g/mol. The summed E-state index contributed by atoms with van der Waals surface area (Å²) in [5.41, 5.74) is 6.01. The van der Waals surface area contributed by atoms with Crippen LogP contribution in [0.25, 0.3) is 11.0 Å². The molecule has 0 atom stereocenters. The molecular formula is C25H29N7. The normalized spacial score (nSPS) is 17.7. The quantitative estimate of drug-likeness (QED) is 0.639. The van der Waals surface area contributed by atoms with E-state index in [4.69, 9.17) is 15.1 Å². The van der Waals surface area contributed by atoms with Crippen LogP contribution in [-0.2, 0) is 6.54 Å². The molecule has 0 radical (unpaired) electrons.